The number of carbonyl (C=O) groups is 9. The molecule has 1 aromatic heterocycles. The Labute approximate surface area is 408 Å². The van der Waals surface area contributed by atoms with Gasteiger partial charge in [0.2, 0.25) is 53.2 Å². The number of phenolic OH excluding ortho intramolecular Hbond substituents is 1. The van der Waals surface area contributed by atoms with E-state index in [4.69, 9.17) is 5.73 Å². The van der Waals surface area contributed by atoms with Crippen LogP contribution in [0.15, 0.2) is 23.2 Å². The number of phenols is 1. The number of aromatic hydroxyl groups is 1. The maximum absolute atomic E-state index is 14.7. The monoisotopic (exact) mass is 1000 g/mol. The number of H-pyrrole nitrogens is 1. The molecule has 3 aliphatic rings. The van der Waals surface area contributed by atoms with E-state index in [0.717, 1.165) is 35.9 Å². The zero-order chi connectivity index (χ0) is 51.2. The number of hydrogen-bond acceptors (Lipinski definition) is 15. The van der Waals surface area contributed by atoms with E-state index in [1.165, 1.54) is 19.1 Å². The predicted octanol–water partition coefficient (Wildman–Crippen LogP) is -3.79. The number of nitrogens with one attached hydrogen (secondary N) is 9. The molecule has 1 fully saturated rings. The average molecular weight is 1000 g/mol. The molecule has 70 heavy (non-hydrogen) atoms. The Hall–Kier alpha value is -6.02. The van der Waals surface area contributed by atoms with Crippen LogP contribution in [0.1, 0.15) is 71.3 Å². The van der Waals surface area contributed by atoms with Crippen molar-refractivity contribution < 1.29 is 63.6 Å². The molecule has 1 saturated heterocycles. The fourth-order valence-corrected chi connectivity index (χ4v) is 9.59. The standard InChI is InChI=1S/C45H67N11O13S/c1-4-22(2)37-42(67)49-17-35(62)50-31-21-70-44-27(26-10-9-24(58)13-28(26)53-44)15-29(39(64)48-18-36(63)54-37)51-43(68)38(23(3)33(60)20-57)55-41(66)32-14-25(59)19-56(32)45(69)30(52-40(31)65)16-34(61)47-12-8-6-5-7-11-46/h9-10,13,22-23,25,29-33,37-38,53,57-60H,4-8,11-12,14-21,46H2,1-3H3,(H,47,61)(H,48,64)(H,49,67)(H,50,62)(H,51,68)(H,52,65)(H,54,63)(H,55,66)/t22-,23-,25?,29?,30?,31?,32?,33-,37-,38-/m0/s1. The van der Waals surface area contributed by atoms with Crippen molar-refractivity contribution in [1.29, 1.82) is 0 Å². The average Bonchev–Trinajstić information content (AvgIpc) is 3.89. The summed E-state index contributed by atoms with van der Waals surface area (Å²) in [5.41, 5.74) is 6.30. The van der Waals surface area contributed by atoms with Gasteiger partial charge in [-0.05, 0) is 43.0 Å². The Morgan fingerprint density at radius 3 is 2.26 bits per heavy atom. The minimum absolute atomic E-state index is 0.141. The molecule has 10 atom stereocenters. The van der Waals surface area contributed by atoms with Crippen LogP contribution in [0.25, 0.3) is 10.9 Å². The number of carbonyl (C=O) groups excluding carboxylic acids is 9. The van der Waals surface area contributed by atoms with Crippen LogP contribution in [0.2, 0.25) is 0 Å². The van der Waals surface area contributed by atoms with Gasteiger partial charge in [-0.3, -0.25) is 43.2 Å². The van der Waals surface area contributed by atoms with Crippen LogP contribution in [0.5, 0.6) is 5.75 Å². The third-order valence-electron chi connectivity index (χ3n) is 12.8. The number of thioether (sulfide) groups is 1. The van der Waals surface area contributed by atoms with Gasteiger partial charge in [0.05, 0.1) is 48.9 Å². The highest BCUT2D eigenvalue weighted by Gasteiger charge is 2.45. The van der Waals surface area contributed by atoms with Crippen LogP contribution in [-0.4, -0.2) is 177 Å². The maximum atomic E-state index is 14.7. The van der Waals surface area contributed by atoms with Gasteiger partial charge in [0.1, 0.15) is 42.0 Å². The number of unbranched alkanes of at least 4 members (excludes halogenated alkanes) is 3. The number of hydrogen-bond donors (Lipinski definition) is 14. The first-order chi connectivity index (χ1) is 33.3. The number of aromatic nitrogens is 1. The summed E-state index contributed by atoms with van der Waals surface area (Å²) in [4.78, 5) is 131. The molecule has 5 unspecified atom stereocenters. The first kappa shape index (κ1) is 54.9. The van der Waals surface area contributed by atoms with Crippen molar-refractivity contribution in [3.63, 3.8) is 0 Å². The molecule has 0 spiro atoms. The van der Waals surface area contributed by atoms with Gasteiger partial charge in [0, 0.05) is 49.1 Å². The molecule has 3 aliphatic heterocycles. The number of fused-ring (bicyclic) bond motifs is 5. The van der Waals surface area contributed by atoms with E-state index >= 15 is 0 Å². The summed E-state index contributed by atoms with van der Waals surface area (Å²) in [6.45, 7) is 2.88. The Morgan fingerprint density at radius 2 is 1.56 bits per heavy atom. The molecular formula is C45H67N11O13S. The normalized spacial score (nSPS) is 26.0. The molecule has 25 heteroatoms. The number of nitrogens with two attached hydrogens (primary N) is 1. The van der Waals surface area contributed by atoms with Crippen LogP contribution in [0.4, 0.5) is 0 Å². The molecule has 2 bridgehead atoms. The van der Waals surface area contributed by atoms with Crippen LogP contribution in [0.3, 0.4) is 0 Å². The number of rotatable bonds is 13. The number of aliphatic hydroxyl groups is 3. The van der Waals surface area contributed by atoms with Crippen molar-refractivity contribution in [2.24, 2.45) is 17.6 Å². The fourth-order valence-electron chi connectivity index (χ4n) is 8.47. The van der Waals surface area contributed by atoms with Crippen molar-refractivity contribution in [1.82, 2.24) is 52.4 Å². The topological polar surface area (TPSA) is 376 Å². The third kappa shape index (κ3) is 14.5. The summed E-state index contributed by atoms with van der Waals surface area (Å²) < 4.78 is 0. The number of benzene rings is 1. The largest absolute Gasteiger partial charge is 0.508 e. The van der Waals surface area contributed by atoms with Gasteiger partial charge < -0.3 is 78.6 Å². The van der Waals surface area contributed by atoms with Crippen molar-refractivity contribution in [3.8, 4) is 5.75 Å². The van der Waals surface area contributed by atoms with Crippen molar-refractivity contribution in [3.05, 3.63) is 23.8 Å². The maximum Gasteiger partial charge on any atom is 0.246 e. The molecule has 2 aromatic rings. The van der Waals surface area contributed by atoms with Gasteiger partial charge in [0.25, 0.3) is 0 Å². The fraction of sp³-hybridized carbons (Fsp3) is 0.622. The summed E-state index contributed by atoms with van der Waals surface area (Å²) in [7, 11) is 0. The van der Waals surface area contributed by atoms with Crippen LogP contribution >= 0.6 is 11.8 Å². The van der Waals surface area contributed by atoms with Crippen molar-refractivity contribution in [2.45, 2.75) is 126 Å². The summed E-state index contributed by atoms with van der Waals surface area (Å²) >= 11 is 0.973. The highest BCUT2D eigenvalue weighted by molar-refractivity contribution is 7.99. The first-order valence-corrected chi connectivity index (χ1v) is 24.6. The molecule has 1 aromatic carbocycles. The van der Waals surface area contributed by atoms with E-state index in [9.17, 15) is 63.6 Å². The number of aliphatic hydroxyl groups excluding tert-OH is 3. The SMILES string of the molecule is CC[C@H](C)[C@@H]1NC(=O)CNC(=O)C2Cc3c([nH]c4cc(O)ccc34)SCC(NC(=O)CNC1=O)C(=O)NC(CC(=O)NCCCCCCN)C(=O)N1CC(O)CC1C(=O)N[C@@H]([C@@H](C)[C@@H](O)CO)C(=O)N2. The van der Waals surface area contributed by atoms with Gasteiger partial charge in [-0.2, -0.15) is 0 Å². The van der Waals surface area contributed by atoms with Crippen LogP contribution < -0.4 is 48.3 Å². The Morgan fingerprint density at radius 1 is 0.857 bits per heavy atom. The molecular weight excluding hydrogens is 935 g/mol. The highest BCUT2D eigenvalue weighted by atomic mass is 32.2. The Bertz CT molecular complexity index is 2250. The molecule has 15 N–H and O–H groups in total. The minimum Gasteiger partial charge on any atom is -0.508 e. The Kier molecular flexibility index (Phi) is 20.2. The van der Waals surface area contributed by atoms with Gasteiger partial charge in [-0.15, -0.1) is 11.8 Å². The van der Waals surface area contributed by atoms with E-state index < -0.39 is 146 Å². The summed E-state index contributed by atoms with van der Waals surface area (Å²) in [6.07, 6.45) is -0.892. The molecule has 4 heterocycles. The van der Waals surface area contributed by atoms with E-state index in [0.29, 0.717) is 35.9 Å². The van der Waals surface area contributed by atoms with E-state index in [1.54, 1.807) is 19.9 Å². The number of amides is 9. The second-order valence-electron chi connectivity index (χ2n) is 18.0. The molecule has 5 rings (SSSR count). The minimum atomic E-state index is -1.72. The van der Waals surface area contributed by atoms with E-state index in [2.05, 4.69) is 47.5 Å². The van der Waals surface area contributed by atoms with Gasteiger partial charge >= 0.3 is 0 Å². The Balaban J connectivity index is 1.67. The van der Waals surface area contributed by atoms with Crippen LogP contribution in [0, 0.1) is 11.8 Å². The predicted molar refractivity (Wildman–Crippen MR) is 253 cm³/mol. The molecule has 0 radical (unpaired) electrons. The van der Waals surface area contributed by atoms with Gasteiger partial charge in [-0.25, -0.2) is 0 Å². The lowest BCUT2D eigenvalue weighted by Gasteiger charge is -2.33. The highest BCUT2D eigenvalue weighted by Crippen LogP contribution is 2.33. The zero-order valence-corrected chi connectivity index (χ0v) is 40.3. The summed E-state index contributed by atoms with van der Waals surface area (Å²) in [5.74, 6) is -10.1. The van der Waals surface area contributed by atoms with E-state index in [1.807, 2.05) is 0 Å². The lowest BCUT2D eigenvalue weighted by atomic mass is 9.93. The number of nitrogens with zero attached hydrogens (tertiary/aromatic N) is 1. The zero-order valence-electron chi connectivity index (χ0n) is 39.5. The smallest absolute Gasteiger partial charge is 0.246 e. The lowest BCUT2D eigenvalue weighted by Crippen LogP contribution is -2.62. The summed E-state index contributed by atoms with van der Waals surface area (Å²) in [5, 5.41) is 63.5. The second kappa shape index (κ2) is 25.7. The third-order valence-corrected chi connectivity index (χ3v) is 14.0. The van der Waals surface area contributed by atoms with Gasteiger partial charge in [0.15, 0.2) is 0 Å². The molecule has 24 nitrogen and oxygen atoms in total. The second-order valence-corrected chi connectivity index (χ2v) is 19.1. The molecule has 0 aliphatic carbocycles. The van der Waals surface area contributed by atoms with Crippen molar-refractivity contribution in [2.75, 3.05) is 45.1 Å². The molecule has 386 valence electrons. The lowest BCUT2D eigenvalue weighted by molar-refractivity contribution is -0.144. The number of aromatic amines is 1. The van der Waals surface area contributed by atoms with Crippen LogP contribution in [-0.2, 0) is 49.6 Å². The quantitative estimate of drug-likeness (QED) is 0.0857. The molecule has 0 saturated carbocycles. The first-order valence-electron chi connectivity index (χ1n) is 23.6. The summed E-state index contributed by atoms with van der Waals surface area (Å²) in [6, 6.07) is -4.90. The van der Waals surface area contributed by atoms with Crippen molar-refractivity contribution >= 4 is 75.8 Å². The van der Waals surface area contributed by atoms with E-state index in [-0.39, 0.29) is 35.9 Å². The molecule has 9 amide bonds. The van der Waals surface area contributed by atoms with Gasteiger partial charge in [-0.1, -0.05) is 40.0 Å².